The van der Waals surface area contributed by atoms with Crippen LogP contribution < -0.4 is 11.1 Å². The lowest BCUT2D eigenvalue weighted by atomic mass is 10.2. The molecule has 2 aromatic rings. The number of benzene rings is 1. The summed E-state index contributed by atoms with van der Waals surface area (Å²) in [5.74, 6) is 0.143. The molecule has 0 aliphatic carbocycles. The molecular weight excluding hydrogens is 340 g/mol. The monoisotopic (exact) mass is 356 g/mol. The minimum Gasteiger partial charge on any atom is -0.397 e. The number of nitrogens with two attached hydrogens (primary N) is 1. The standard InChI is InChI=1S/C14H17BrN2O2S/c1-8(7-19-2)6-17-14(18)13-12(16)11-9(15)4-3-5-10(11)20-13/h3-5,8H,6-7,16H2,1-2H3,(H,17,18). The number of hydrogen-bond acceptors (Lipinski definition) is 4. The first kappa shape index (κ1) is 15.3. The minimum absolute atomic E-state index is 0.126. The van der Waals surface area contributed by atoms with E-state index in [2.05, 4.69) is 21.2 Å². The number of anilines is 1. The molecule has 2 rings (SSSR count). The number of thiophene rings is 1. The number of amides is 1. The van der Waals surface area contributed by atoms with Crippen LogP contribution in [0.5, 0.6) is 0 Å². The van der Waals surface area contributed by atoms with Crippen molar-refractivity contribution < 1.29 is 9.53 Å². The van der Waals surface area contributed by atoms with Crippen LogP contribution in [0, 0.1) is 5.92 Å². The molecule has 0 bridgehead atoms. The molecule has 0 saturated carbocycles. The lowest BCUT2D eigenvalue weighted by Crippen LogP contribution is -2.29. The second kappa shape index (κ2) is 6.56. The SMILES string of the molecule is COCC(C)CNC(=O)c1sc2cccc(Br)c2c1N. The molecule has 1 amide bonds. The Morgan fingerprint density at radius 1 is 1.55 bits per heavy atom. The van der Waals surface area contributed by atoms with Gasteiger partial charge in [0.2, 0.25) is 0 Å². The van der Waals surface area contributed by atoms with Crippen LogP contribution in [0.4, 0.5) is 5.69 Å². The van der Waals surface area contributed by atoms with Crippen molar-refractivity contribution in [3.05, 3.63) is 27.5 Å². The van der Waals surface area contributed by atoms with Crippen LogP contribution >= 0.6 is 27.3 Å². The summed E-state index contributed by atoms with van der Waals surface area (Å²) in [4.78, 5) is 12.8. The quantitative estimate of drug-likeness (QED) is 0.863. The van der Waals surface area contributed by atoms with E-state index in [4.69, 9.17) is 10.5 Å². The summed E-state index contributed by atoms with van der Waals surface area (Å²) in [5, 5.41) is 3.81. The number of halogens is 1. The molecule has 0 radical (unpaired) electrons. The summed E-state index contributed by atoms with van der Waals surface area (Å²) in [6.45, 7) is 3.21. The lowest BCUT2D eigenvalue weighted by Gasteiger charge is -2.11. The fourth-order valence-electron chi connectivity index (χ4n) is 1.99. The number of carbonyl (C=O) groups is 1. The number of nitrogens with one attached hydrogen (secondary N) is 1. The summed E-state index contributed by atoms with van der Waals surface area (Å²) >= 11 is 4.88. The Morgan fingerprint density at radius 3 is 2.95 bits per heavy atom. The molecule has 108 valence electrons. The normalized spacial score (nSPS) is 12.6. The van der Waals surface area contributed by atoms with Crippen molar-refractivity contribution in [3.63, 3.8) is 0 Å². The zero-order valence-electron chi connectivity index (χ0n) is 11.4. The van der Waals surface area contributed by atoms with E-state index in [1.54, 1.807) is 7.11 Å². The van der Waals surface area contributed by atoms with Gasteiger partial charge in [-0.15, -0.1) is 11.3 Å². The van der Waals surface area contributed by atoms with Gasteiger partial charge in [0.15, 0.2) is 0 Å². The molecule has 1 aromatic carbocycles. The minimum atomic E-state index is -0.126. The van der Waals surface area contributed by atoms with Gasteiger partial charge in [0, 0.05) is 28.2 Å². The summed E-state index contributed by atoms with van der Waals surface area (Å²) in [6.07, 6.45) is 0. The fraction of sp³-hybridized carbons (Fsp3) is 0.357. The van der Waals surface area contributed by atoms with Gasteiger partial charge in [0.25, 0.3) is 5.91 Å². The van der Waals surface area contributed by atoms with Crippen molar-refractivity contribution in [1.29, 1.82) is 0 Å². The Bertz CT molecular complexity index is 627. The van der Waals surface area contributed by atoms with E-state index in [-0.39, 0.29) is 11.8 Å². The van der Waals surface area contributed by atoms with E-state index >= 15 is 0 Å². The van der Waals surface area contributed by atoms with E-state index in [1.165, 1.54) is 11.3 Å². The van der Waals surface area contributed by atoms with Crippen molar-refractivity contribution in [2.75, 3.05) is 26.0 Å². The first-order valence-electron chi connectivity index (χ1n) is 6.28. The number of carbonyl (C=O) groups excluding carboxylic acids is 1. The van der Waals surface area contributed by atoms with Gasteiger partial charge in [0.1, 0.15) is 4.88 Å². The van der Waals surface area contributed by atoms with Gasteiger partial charge < -0.3 is 15.8 Å². The molecule has 1 aromatic heterocycles. The molecule has 0 saturated heterocycles. The van der Waals surface area contributed by atoms with Gasteiger partial charge in [-0.05, 0) is 18.1 Å². The maximum Gasteiger partial charge on any atom is 0.263 e. The van der Waals surface area contributed by atoms with Gasteiger partial charge in [-0.3, -0.25) is 4.79 Å². The van der Waals surface area contributed by atoms with Gasteiger partial charge in [0.05, 0.1) is 12.3 Å². The molecule has 0 aliphatic heterocycles. The van der Waals surface area contributed by atoms with Crippen LogP contribution in [0.15, 0.2) is 22.7 Å². The van der Waals surface area contributed by atoms with Crippen molar-refractivity contribution in [2.24, 2.45) is 5.92 Å². The Morgan fingerprint density at radius 2 is 2.30 bits per heavy atom. The molecule has 1 heterocycles. The van der Waals surface area contributed by atoms with E-state index in [1.807, 2.05) is 25.1 Å². The average Bonchev–Trinajstić information content (AvgIpc) is 2.75. The van der Waals surface area contributed by atoms with Gasteiger partial charge in [-0.2, -0.15) is 0 Å². The topological polar surface area (TPSA) is 64.3 Å². The van der Waals surface area contributed by atoms with E-state index in [0.717, 1.165) is 14.6 Å². The van der Waals surface area contributed by atoms with Crippen LogP contribution in [0.1, 0.15) is 16.6 Å². The zero-order valence-corrected chi connectivity index (χ0v) is 13.8. The molecule has 4 nitrogen and oxygen atoms in total. The number of fused-ring (bicyclic) bond motifs is 1. The number of nitrogen functional groups attached to an aromatic ring is 1. The third kappa shape index (κ3) is 3.13. The highest BCUT2D eigenvalue weighted by Crippen LogP contribution is 2.37. The predicted molar refractivity (Wildman–Crippen MR) is 87.3 cm³/mol. The van der Waals surface area contributed by atoms with Crippen molar-refractivity contribution in [3.8, 4) is 0 Å². The number of hydrogen-bond donors (Lipinski definition) is 2. The molecule has 3 N–H and O–H groups in total. The lowest BCUT2D eigenvalue weighted by molar-refractivity contribution is 0.0939. The Hall–Kier alpha value is -1.11. The van der Waals surface area contributed by atoms with Crippen LogP contribution in [0.25, 0.3) is 10.1 Å². The third-order valence-electron chi connectivity index (χ3n) is 2.97. The summed E-state index contributed by atoms with van der Waals surface area (Å²) in [6, 6.07) is 5.82. The van der Waals surface area contributed by atoms with Crippen LogP contribution in [-0.4, -0.2) is 26.2 Å². The second-order valence-corrected chi connectivity index (χ2v) is 6.63. The molecular formula is C14H17BrN2O2S. The predicted octanol–water partition coefficient (Wildman–Crippen LogP) is 3.26. The Balaban J connectivity index is 2.19. The highest BCUT2D eigenvalue weighted by molar-refractivity contribution is 9.10. The molecule has 1 unspecified atom stereocenters. The fourth-order valence-corrected chi connectivity index (χ4v) is 3.76. The van der Waals surface area contributed by atoms with Gasteiger partial charge in [-0.25, -0.2) is 0 Å². The number of ether oxygens (including phenoxy) is 1. The molecule has 6 heteroatoms. The van der Waals surface area contributed by atoms with Crippen molar-refractivity contribution in [1.82, 2.24) is 5.32 Å². The van der Waals surface area contributed by atoms with Gasteiger partial charge >= 0.3 is 0 Å². The molecule has 20 heavy (non-hydrogen) atoms. The van der Waals surface area contributed by atoms with Crippen molar-refractivity contribution >= 4 is 48.9 Å². The number of methoxy groups -OCH3 is 1. The first-order valence-corrected chi connectivity index (χ1v) is 7.89. The summed E-state index contributed by atoms with van der Waals surface area (Å²) < 4.78 is 6.97. The summed E-state index contributed by atoms with van der Waals surface area (Å²) in [5.41, 5.74) is 6.64. The highest BCUT2D eigenvalue weighted by Gasteiger charge is 2.18. The Labute approximate surface area is 130 Å². The smallest absolute Gasteiger partial charge is 0.263 e. The van der Waals surface area contributed by atoms with Crippen LogP contribution in [0.2, 0.25) is 0 Å². The van der Waals surface area contributed by atoms with E-state index < -0.39 is 0 Å². The highest BCUT2D eigenvalue weighted by atomic mass is 79.9. The van der Waals surface area contributed by atoms with Crippen LogP contribution in [0.3, 0.4) is 0 Å². The Kier molecular flexibility index (Phi) is 5.01. The molecule has 1 atom stereocenters. The largest absolute Gasteiger partial charge is 0.397 e. The summed E-state index contributed by atoms with van der Waals surface area (Å²) in [7, 11) is 1.65. The molecule has 0 aliphatic rings. The van der Waals surface area contributed by atoms with E-state index in [0.29, 0.717) is 23.7 Å². The zero-order chi connectivity index (χ0) is 14.7. The van der Waals surface area contributed by atoms with Crippen molar-refractivity contribution in [2.45, 2.75) is 6.92 Å². The maximum atomic E-state index is 12.2. The first-order chi connectivity index (χ1) is 9.54. The molecule has 0 spiro atoms. The average molecular weight is 357 g/mol. The maximum absolute atomic E-state index is 12.2. The van der Waals surface area contributed by atoms with E-state index in [9.17, 15) is 4.79 Å². The number of rotatable bonds is 5. The van der Waals surface area contributed by atoms with Gasteiger partial charge in [-0.1, -0.05) is 28.9 Å². The molecule has 0 fully saturated rings. The second-order valence-electron chi connectivity index (χ2n) is 4.73. The third-order valence-corrected chi connectivity index (χ3v) is 4.80. The van der Waals surface area contributed by atoms with Crippen LogP contribution in [-0.2, 0) is 4.74 Å².